The molecule has 132 valence electrons. The standard InChI is InChI=1S/C20H22O5/c1-11-13-9-14-12(2)15(24-19(22)16-5-4-8-23-16)6-7-20(14,3)10-17(13)25-18(11)21/h4-5,8,13-15,17H,1-2,6-7,9-10H2,3H3/t13-,14+,15-,17-,20-/m1/s1. The summed E-state index contributed by atoms with van der Waals surface area (Å²) < 4.78 is 16.3. The van der Waals surface area contributed by atoms with E-state index in [4.69, 9.17) is 13.9 Å². The highest BCUT2D eigenvalue weighted by atomic mass is 16.6. The van der Waals surface area contributed by atoms with Crippen LogP contribution in [0.5, 0.6) is 0 Å². The maximum Gasteiger partial charge on any atom is 0.374 e. The number of hydrogen-bond donors (Lipinski definition) is 0. The first-order valence-electron chi connectivity index (χ1n) is 8.72. The van der Waals surface area contributed by atoms with Gasteiger partial charge in [-0.1, -0.05) is 20.1 Å². The molecule has 1 aromatic heterocycles. The Morgan fingerprint density at radius 2 is 2.20 bits per heavy atom. The third kappa shape index (κ3) is 2.53. The molecule has 1 aromatic rings. The van der Waals surface area contributed by atoms with Crippen LogP contribution in [0.4, 0.5) is 0 Å². The number of carbonyl (C=O) groups is 2. The summed E-state index contributed by atoms with van der Waals surface area (Å²) in [5.41, 5.74) is 1.50. The van der Waals surface area contributed by atoms with Crippen molar-refractivity contribution in [3.63, 3.8) is 0 Å². The molecule has 0 bridgehead atoms. The molecule has 5 atom stereocenters. The molecule has 2 aliphatic carbocycles. The van der Waals surface area contributed by atoms with E-state index in [0.717, 1.165) is 31.3 Å². The van der Waals surface area contributed by atoms with E-state index < -0.39 is 5.97 Å². The lowest BCUT2D eigenvalue weighted by Crippen LogP contribution is -2.47. The topological polar surface area (TPSA) is 65.7 Å². The van der Waals surface area contributed by atoms with Gasteiger partial charge in [-0.25, -0.2) is 9.59 Å². The SMILES string of the molecule is C=C1C(=O)O[C@@H]2C[C@@]3(C)CC[C@@H](OC(=O)c4ccco4)C(=C)[C@@H]3C[C@H]12. The predicted molar refractivity (Wildman–Crippen MR) is 89.6 cm³/mol. The Bertz CT molecular complexity index is 746. The molecule has 2 heterocycles. The smallest absolute Gasteiger partial charge is 0.374 e. The largest absolute Gasteiger partial charge is 0.458 e. The Kier molecular flexibility index (Phi) is 3.63. The lowest BCUT2D eigenvalue weighted by Gasteiger charge is -2.51. The number of rotatable bonds is 2. The minimum Gasteiger partial charge on any atom is -0.458 e. The van der Waals surface area contributed by atoms with Gasteiger partial charge in [0.1, 0.15) is 12.2 Å². The van der Waals surface area contributed by atoms with Gasteiger partial charge in [0, 0.05) is 11.5 Å². The number of esters is 2. The number of ether oxygens (including phenoxy) is 2. The van der Waals surface area contributed by atoms with Crippen molar-refractivity contribution in [2.75, 3.05) is 0 Å². The maximum atomic E-state index is 12.2. The summed E-state index contributed by atoms with van der Waals surface area (Å²) in [5.74, 6) is -0.307. The van der Waals surface area contributed by atoms with Gasteiger partial charge in [-0.15, -0.1) is 0 Å². The number of fused-ring (bicyclic) bond motifs is 2. The molecule has 3 aliphatic rings. The van der Waals surface area contributed by atoms with E-state index in [1.54, 1.807) is 12.1 Å². The summed E-state index contributed by atoms with van der Waals surface area (Å²) in [4.78, 5) is 24.1. The van der Waals surface area contributed by atoms with Crippen LogP contribution in [0.1, 0.15) is 43.2 Å². The summed E-state index contributed by atoms with van der Waals surface area (Å²) in [6.45, 7) is 10.4. The van der Waals surface area contributed by atoms with Gasteiger partial charge in [0.15, 0.2) is 0 Å². The van der Waals surface area contributed by atoms with E-state index in [1.165, 1.54) is 6.26 Å². The van der Waals surface area contributed by atoms with Crippen molar-refractivity contribution in [2.45, 2.75) is 44.8 Å². The molecule has 1 aliphatic heterocycles. The van der Waals surface area contributed by atoms with Gasteiger partial charge in [0.05, 0.1) is 6.26 Å². The van der Waals surface area contributed by atoms with Crippen LogP contribution in [-0.4, -0.2) is 24.1 Å². The highest BCUT2D eigenvalue weighted by molar-refractivity contribution is 5.91. The van der Waals surface area contributed by atoms with Crippen molar-refractivity contribution in [3.8, 4) is 0 Å². The monoisotopic (exact) mass is 342 g/mol. The zero-order chi connectivity index (χ0) is 17.8. The second-order valence-corrected chi connectivity index (χ2v) is 7.71. The Hall–Kier alpha value is -2.30. The van der Waals surface area contributed by atoms with E-state index >= 15 is 0 Å². The van der Waals surface area contributed by atoms with Gasteiger partial charge in [0.2, 0.25) is 5.76 Å². The lowest BCUT2D eigenvalue weighted by molar-refractivity contribution is -0.142. The molecule has 0 radical (unpaired) electrons. The van der Waals surface area contributed by atoms with Gasteiger partial charge in [-0.2, -0.15) is 0 Å². The molecular formula is C20H22O5. The minimum absolute atomic E-state index is 0.0107. The molecule has 0 aromatic carbocycles. The van der Waals surface area contributed by atoms with Crippen LogP contribution in [0.25, 0.3) is 0 Å². The normalized spacial score (nSPS) is 37.2. The molecule has 2 saturated carbocycles. The van der Waals surface area contributed by atoms with Crippen molar-refractivity contribution in [1.29, 1.82) is 0 Å². The molecule has 0 N–H and O–H groups in total. The van der Waals surface area contributed by atoms with Crippen molar-refractivity contribution in [1.82, 2.24) is 0 Å². The van der Waals surface area contributed by atoms with Crippen LogP contribution in [0, 0.1) is 17.3 Å². The fraction of sp³-hybridized carbons (Fsp3) is 0.500. The Morgan fingerprint density at radius 1 is 1.40 bits per heavy atom. The van der Waals surface area contributed by atoms with Crippen LogP contribution < -0.4 is 0 Å². The van der Waals surface area contributed by atoms with Gasteiger partial charge in [-0.05, 0) is 54.7 Å². The quantitative estimate of drug-likeness (QED) is 0.466. The van der Waals surface area contributed by atoms with Gasteiger partial charge < -0.3 is 13.9 Å². The van der Waals surface area contributed by atoms with Crippen molar-refractivity contribution >= 4 is 11.9 Å². The minimum atomic E-state index is -0.461. The van der Waals surface area contributed by atoms with Gasteiger partial charge in [-0.3, -0.25) is 0 Å². The molecule has 1 saturated heterocycles. The van der Waals surface area contributed by atoms with E-state index in [1.807, 2.05) is 0 Å². The fourth-order valence-electron chi connectivity index (χ4n) is 4.75. The Labute approximate surface area is 146 Å². The third-order valence-corrected chi connectivity index (χ3v) is 6.23. The van der Waals surface area contributed by atoms with E-state index in [2.05, 4.69) is 20.1 Å². The predicted octanol–water partition coefficient (Wildman–Crippen LogP) is 3.67. The zero-order valence-corrected chi connectivity index (χ0v) is 14.3. The van der Waals surface area contributed by atoms with Crippen LogP contribution >= 0.6 is 0 Å². The molecule has 4 rings (SSSR count). The molecule has 0 unspecified atom stereocenters. The van der Waals surface area contributed by atoms with Crippen molar-refractivity contribution in [3.05, 3.63) is 48.5 Å². The fourth-order valence-corrected chi connectivity index (χ4v) is 4.75. The molecule has 25 heavy (non-hydrogen) atoms. The van der Waals surface area contributed by atoms with Gasteiger partial charge >= 0.3 is 11.9 Å². The average molecular weight is 342 g/mol. The third-order valence-electron chi connectivity index (χ3n) is 6.23. The average Bonchev–Trinajstić information content (AvgIpc) is 3.19. The summed E-state index contributed by atoms with van der Waals surface area (Å²) >= 11 is 0. The first-order chi connectivity index (χ1) is 11.9. The van der Waals surface area contributed by atoms with E-state index in [9.17, 15) is 9.59 Å². The summed E-state index contributed by atoms with van der Waals surface area (Å²) in [5, 5.41) is 0. The van der Waals surface area contributed by atoms with Crippen LogP contribution in [0.3, 0.4) is 0 Å². The highest BCUT2D eigenvalue weighted by Crippen LogP contribution is 2.57. The zero-order valence-electron chi connectivity index (χ0n) is 14.3. The number of furan rings is 1. The van der Waals surface area contributed by atoms with Crippen molar-refractivity contribution < 1.29 is 23.5 Å². The maximum absolute atomic E-state index is 12.2. The Morgan fingerprint density at radius 3 is 2.92 bits per heavy atom. The summed E-state index contributed by atoms with van der Waals surface area (Å²) in [6.07, 6.45) is 4.28. The first-order valence-corrected chi connectivity index (χ1v) is 8.72. The van der Waals surface area contributed by atoms with Crippen LogP contribution in [-0.2, 0) is 14.3 Å². The lowest BCUT2D eigenvalue weighted by atomic mass is 9.55. The van der Waals surface area contributed by atoms with Gasteiger partial charge in [0.25, 0.3) is 0 Å². The Balaban J connectivity index is 1.52. The second kappa shape index (κ2) is 5.61. The molecule has 0 spiro atoms. The number of carbonyl (C=O) groups excluding carboxylic acids is 2. The molecule has 5 heteroatoms. The van der Waals surface area contributed by atoms with E-state index in [-0.39, 0.29) is 41.2 Å². The first kappa shape index (κ1) is 16.2. The van der Waals surface area contributed by atoms with Crippen LogP contribution in [0.2, 0.25) is 0 Å². The van der Waals surface area contributed by atoms with Crippen LogP contribution in [0.15, 0.2) is 47.1 Å². The molecule has 0 amide bonds. The van der Waals surface area contributed by atoms with E-state index in [0.29, 0.717) is 5.57 Å². The molecule has 3 fully saturated rings. The highest BCUT2D eigenvalue weighted by Gasteiger charge is 2.54. The second-order valence-electron chi connectivity index (χ2n) is 7.71. The molecular weight excluding hydrogens is 320 g/mol. The molecule has 5 nitrogen and oxygen atoms in total. The summed E-state index contributed by atoms with van der Waals surface area (Å²) in [7, 11) is 0. The summed E-state index contributed by atoms with van der Waals surface area (Å²) in [6, 6.07) is 3.25. The number of hydrogen-bond acceptors (Lipinski definition) is 5. The van der Waals surface area contributed by atoms with Crippen molar-refractivity contribution in [2.24, 2.45) is 17.3 Å².